The van der Waals surface area contributed by atoms with E-state index in [1.54, 1.807) is 14.1 Å². The zero-order valence-corrected chi connectivity index (χ0v) is 24.0. The van der Waals surface area contributed by atoms with Crippen LogP contribution in [0.3, 0.4) is 0 Å². The zero-order valence-electron chi connectivity index (χ0n) is 24.0. The van der Waals surface area contributed by atoms with E-state index in [0.717, 1.165) is 5.56 Å². The second kappa shape index (κ2) is 9.69. The summed E-state index contributed by atoms with van der Waals surface area (Å²) < 4.78 is 0. The van der Waals surface area contributed by atoms with Gasteiger partial charge in [-0.3, -0.25) is 19.3 Å². The number of carbonyl (C=O) groups is 3. The van der Waals surface area contributed by atoms with E-state index < -0.39 is 57.1 Å². The molecule has 1 aromatic rings. The molecule has 0 spiro atoms. The summed E-state index contributed by atoms with van der Waals surface area (Å²) in [6, 6.07) is 0.648. The van der Waals surface area contributed by atoms with Gasteiger partial charge in [-0.05, 0) is 63.9 Å². The molecule has 1 amide bonds. The molecule has 11 nitrogen and oxygen atoms in total. The third-order valence-electron chi connectivity index (χ3n) is 8.97. The van der Waals surface area contributed by atoms with Crippen molar-refractivity contribution in [1.82, 2.24) is 10.2 Å². The lowest BCUT2D eigenvalue weighted by Crippen LogP contribution is -2.79. The monoisotopic (exact) mass is 555 g/mol. The van der Waals surface area contributed by atoms with Crippen LogP contribution in [0.5, 0.6) is 5.75 Å². The fourth-order valence-corrected chi connectivity index (χ4v) is 7.01. The number of amides is 1. The van der Waals surface area contributed by atoms with E-state index in [4.69, 9.17) is 17.2 Å². The Kier molecular flexibility index (Phi) is 7.20. The summed E-state index contributed by atoms with van der Waals surface area (Å²) in [4.78, 5) is 41.7. The van der Waals surface area contributed by atoms with E-state index in [2.05, 4.69) is 19.2 Å². The quantitative estimate of drug-likeness (QED) is 0.235. The second-order valence-corrected chi connectivity index (χ2v) is 12.3. The molecule has 4 rings (SSSR count). The number of benzene rings is 1. The number of phenolic OH excluding ortho intramolecular Hbond substituents is 1. The zero-order chi connectivity index (χ0) is 30.1. The Morgan fingerprint density at radius 3 is 2.33 bits per heavy atom. The number of nitrogens with zero attached hydrogens (tertiary/aromatic N) is 1. The van der Waals surface area contributed by atoms with Crippen molar-refractivity contribution < 1.29 is 29.7 Å². The number of hydrogen-bond donors (Lipinski definition) is 7. The molecule has 3 aliphatic carbocycles. The van der Waals surface area contributed by atoms with Crippen molar-refractivity contribution in [3.8, 4) is 5.75 Å². The Labute approximate surface area is 234 Å². The van der Waals surface area contributed by atoms with Crippen LogP contribution in [0.1, 0.15) is 56.4 Å². The van der Waals surface area contributed by atoms with Gasteiger partial charge < -0.3 is 37.8 Å². The molecule has 0 heterocycles. The van der Waals surface area contributed by atoms with Crippen molar-refractivity contribution in [3.63, 3.8) is 0 Å². The van der Waals surface area contributed by atoms with Crippen molar-refractivity contribution in [2.24, 2.45) is 28.5 Å². The van der Waals surface area contributed by atoms with Crippen molar-refractivity contribution in [2.45, 2.75) is 70.6 Å². The Morgan fingerprint density at radius 2 is 1.80 bits per heavy atom. The molecule has 218 valence electrons. The van der Waals surface area contributed by atoms with Gasteiger partial charge in [0.2, 0.25) is 0 Å². The lowest BCUT2D eigenvalue weighted by atomic mass is 9.47. The van der Waals surface area contributed by atoms with E-state index in [9.17, 15) is 29.7 Å². The Bertz CT molecular complexity index is 1380. The van der Waals surface area contributed by atoms with Crippen LogP contribution in [0.2, 0.25) is 0 Å². The highest BCUT2D eigenvalue weighted by atomic mass is 16.3. The molecular formula is C29H41N5O6. The third kappa shape index (κ3) is 3.90. The predicted octanol–water partition coefficient (Wildman–Crippen LogP) is 0.710. The number of aliphatic hydroxyl groups excluding tert-OH is 2. The first-order valence-electron chi connectivity index (χ1n) is 13.6. The summed E-state index contributed by atoms with van der Waals surface area (Å²) in [6.07, 6.45) is 0.440. The first kappa shape index (κ1) is 29.7. The average Bonchev–Trinajstić information content (AvgIpc) is 2.82. The van der Waals surface area contributed by atoms with Gasteiger partial charge in [0.1, 0.15) is 28.3 Å². The molecule has 3 aliphatic rings. The van der Waals surface area contributed by atoms with Crippen molar-refractivity contribution in [2.75, 3.05) is 20.6 Å². The summed E-state index contributed by atoms with van der Waals surface area (Å²) in [5.41, 5.74) is 15.3. The maximum Gasteiger partial charge on any atom is 0.255 e. The highest BCUT2D eigenvalue weighted by Crippen LogP contribution is 2.58. The highest BCUT2D eigenvalue weighted by Gasteiger charge is 2.71. The number of nitrogens with two attached hydrogens (primary N) is 3. The number of aromatic hydroxyl groups is 1. The molecule has 0 unspecified atom stereocenters. The van der Waals surface area contributed by atoms with Crippen LogP contribution in [-0.4, -0.2) is 75.5 Å². The van der Waals surface area contributed by atoms with Gasteiger partial charge in [0, 0.05) is 12.1 Å². The van der Waals surface area contributed by atoms with Gasteiger partial charge in [0.05, 0.1) is 28.3 Å². The van der Waals surface area contributed by atoms with Gasteiger partial charge in [-0.15, -0.1) is 0 Å². The maximum atomic E-state index is 14.4. The van der Waals surface area contributed by atoms with Crippen LogP contribution < -0.4 is 22.5 Å². The van der Waals surface area contributed by atoms with E-state index in [0.29, 0.717) is 36.6 Å². The largest absolute Gasteiger partial charge is 0.510 e. The van der Waals surface area contributed by atoms with Crippen LogP contribution in [0.4, 0.5) is 0 Å². The number of likely N-dealkylation sites (N-methyl/N-ethyl adjacent to an activating group) is 1. The number of carbonyl (C=O) groups excluding carboxylic acids is 3. The van der Waals surface area contributed by atoms with Gasteiger partial charge >= 0.3 is 0 Å². The highest BCUT2D eigenvalue weighted by molar-refractivity contribution is 6.25. The Hall–Kier alpha value is -3.25. The van der Waals surface area contributed by atoms with Crippen LogP contribution in [-0.2, 0) is 33.8 Å². The molecule has 10 N–H and O–H groups in total. The minimum absolute atomic E-state index is 0.0560. The molecule has 1 fully saturated rings. The normalized spacial score (nSPS) is 30.1. The number of nitrogens with one attached hydrogen (secondary N) is 1. The maximum absolute atomic E-state index is 14.4. The standard InChI is InChI=1S/C29H41N5O6/c1-7-14-8-15(11-33-10-13(2)3)20(35)17-16(14)9-28(31)12-29(32)23(34(5)6)22(37)18(26(30)40)24(38)27(29,4)25(39)19(28)21(17)36/h8,13,23,33,35-36,38H,7,9-12,31-32H2,1-6H3,(H2,30,40)/t23-,27+,28-,29-/m1/s1. The minimum atomic E-state index is -2.02. The molecule has 40 heavy (non-hydrogen) atoms. The van der Waals surface area contributed by atoms with Crippen LogP contribution in [0.15, 0.2) is 23.0 Å². The van der Waals surface area contributed by atoms with Gasteiger partial charge in [0.15, 0.2) is 11.6 Å². The molecule has 0 aliphatic heterocycles. The molecule has 1 saturated carbocycles. The number of phenols is 1. The SMILES string of the molecule is CCc1cc(CNCC(C)C)c(O)c2c1C[C@@]1(N)C[C@@]3(N)[C@H](N(C)C)C(=O)C(C(N)=O)=C(O)[C@@]3(C)C(=O)C1=C2O. The van der Waals surface area contributed by atoms with Gasteiger partial charge in [-0.2, -0.15) is 0 Å². The molecule has 1 aromatic carbocycles. The number of aryl methyl sites for hydroxylation is 1. The number of Topliss-reactive ketones (excluding diaryl/α,β-unsaturated/α-hetero) is 2. The van der Waals surface area contributed by atoms with Crippen molar-refractivity contribution >= 4 is 23.2 Å². The minimum Gasteiger partial charge on any atom is -0.510 e. The summed E-state index contributed by atoms with van der Waals surface area (Å²) in [6.45, 7) is 8.47. The number of hydrogen-bond acceptors (Lipinski definition) is 10. The summed E-state index contributed by atoms with van der Waals surface area (Å²) in [5, 5.41) is 37.6. The number of rotatable bonds is 7. The fourth-order valence-electron chi connectivity index (χ4n) is 7.01. The van der Waals surface area contributed by atoms with Crippen molar-refractivity contribution in [3.05, 3.63) is 45.2 Å². The molecular weight excluding hydrogens is 514 g/mol. The van der Waals surface area contributed by atoms with E-state index in [1.165, 1.54) is 11.8 Å². The van der Waals surface area contributed by atoms with E-state index >= 15 is 0 Å². The van der Waals surface area contributed by atoms with E-state index in [-0.39, 0.29) is 29.7 Å². The first-order chi connectivity index (χ1) is 18.5. The number of ketones is 2. The van der Waals surface area contributed by atoms with Crippen LogP contribution >= 0.6 is 0 Å². The average molecular weight is 556 g/mol. The smallest absolute Gasteiger partial charge is 0.255 e. The van der Waals surface area contributed by atoms with Crippen LogP contribution in [0, 0.1) is 11.3 Å². The lowest BCUT2D eigenvalue weighted by Gasteiger charge is -2.60. The van der Waals surface area contributed by atoms with Gasteiger partial charge in [-0.25, -0.2) is 0 Å². The number of primary amides is 1. The third-order valence-corrected chi connectivity index (χ3v) is 8.97. The predicted molar refractivity (Wildman–Crippen MR) is 150 cm³/mol. The molecule has 4 atom stereocenters. The summed E-state index contributed by atoms with van der Waals surface area (Å²) in [5.74, 6) is -3.94. The summed E-state index contributed by atoms with van der Waals surface area (Å²) >= 11 is 0. The molecule has 0 bridgehead atoms. The van der Waals surface area contributed by atoms with E-state index in [1.807, 2.05) is 13.0 Å². The molecule has 11 heteroatoms. The lowest BCUT2D eigenvalue weighted by molar-refractivity contribution is -0.142. The topological polar surface area (TPSA) is 205 Å². The summed E-state index contributed by atoms with van der Waals surface area (Å²) in [7, 11) is 3.15. The van der Waals surface area contributed by atoms with Gasteiger partial charge in [0.25, 0.3) is 5.91 Å². The first-order valence-corrected chi connectivity index (χ1v) is 13.6. The number of fused-ring (bicyclic) bond motifs is 3. The van der Waals surface area contributed by atoms with Crippen molar-refractivity contribution in [1.29, 1.82) is 0 Å². The van der Waals surface area contributed by atoms with Crippen LogP contribution in [0.25, 0.3) is 5.76 Å². The number of aliphatic hydroxyl groups is 2. The Balaban J connectivity index is 2.00. The fraction of sp³-hybridized carbons (Fsp3) is 0.552. The molecule has 0 saturated heterocycles. The molecule has 0 aromatic heterocycles. The Morgan fingerprint density at radius 1 is 1.18 bits per heavy atom. The van der Waals surface area contributed by atoms with Gasteiger partial charge in [-0.1, -0.05) is 26.8 Å². The second-order valence-electron chi connectivity index (χ2n) is 12.3. The molecule has 0 radical (unpaired) electrons.